The lowest BCUT2D eigenvalue weighted by Gasteiger charge is -2.31. The Morgan fingerprint density at radius 3 is 2.82 bits per heavy atom. The SMILES string of the molecule is CCOc1ccc(S(=O)(=O)N2CCCC(Cc3nc(C4CC4)no3)C2)cc1C. The van der Waals surface area contributed by atoms with E-state index in [1.807, 2.05) is 13.8 Å². The lowest BCUT2D eigenvalue weighted by molar-refractivity contribution is 0.246. The smallest absolute Gasteiger partial charge is 0.243 e. The fourth-order valence-corrected chi connectivity index (χ4v) is 5.41. The van der Waals surface area contributed by atoms with Crippen molar-refractivity contribution in [2.24, 2.45) is 5.92 Å². The van der Waals surface area contributed by atoms with Crippen LogP contribution in [0, 0.1) is 12.8 Å². The Labute approximate surface area is 166 Å². The molecule has 1 atom stereocenters. The van der Waals surface area contributed by atoms with Crippen LogP contribution in [0.2, 0.25) is 0 Å². The Kier molecular flexibility index (Phi) is 5.42. The molecule has 2 aliphatic rings. The molecule has 1 aromatic heterocycles. The van der Waals surface area contributed by atoms with Gasteiger partial charge in [0.2, 0.25) is 15.9 Å². The van der Waals surface area contributed by atoms with Gasteiger partial charge in [-0.2, -0.15) is 9.29 Å². The molecule has 1 aliphatic heterocycles. The molecule has 0 radical (unpaired) electrons. The summed E-state index contributed by atoms with van der Waals surface area (Å²) in [5.74, 6) is 2.81. The number of rotatable bonds is 7. The molecule has 2 fully saturated rings. The van der Waals surface area contributed by atoms with Crippen molar-refractivity contribution in [2.75, 3.05) is 19.7 Å². The first-order valence-electron chi connectivity index (χ1n) is 10.0. The lowest BCUT2D eigenvalue weighted by Crippen LogP contribution is -2.40. The van der Waals surface area contributed by atoms with Crippen molar-refractivity contribution in [3.63, 3.8) is 0 Å². The quantitative estimate of drug-likeness (QED) is 0.703. The topological polar surface area (TPSA) is 85.5 Å². The molecule has 0 amide bonds. The molecule has 7 nitrogen and oxygen atoms in total. The molecular formula is C20H27N3O4S. The van der Waals surface area contributed by atoms with E-state index in [0.717, 1.165) is 42.8 Å². The standard InChI is InChI=1S/C20H27N3O4S/c1-3-26-18-9-8-17(11-14(18)2)28(24,25)23-10-4-5-15(13-23)12-19-21-20(22-27-19)16-6-7-16/h8-9,11,15-16H,3-7,10,12-13H2,1-2H3. The van der Waals surface area contributed by atoms with E-state index in [0.29, 0.717) is 42.8 Å². The predicted octanol–water partition coefficient (Wildman–Crippen LogP) is 3.30. The number of hydrogen-bond acceptors (Lipinski definition) is 6. The van der Waals surface area contributed by atoms with Crippen LogP contribution in [-0.2, 0) is 16.4 Å². The molecule has 1 saturated carbocycles. The molecule has 28 heavy (non-hydrogen) atoms. The Bertz CT molecular complexity index is 937. The van der Waals surface area contributed by atoms with Crippen molar-refractivity contribution in [1.82, 2.24) is 14.4 Å². The second kappa shape index (κ2) is 7.83. The van der Waals surface area contributed by atoms with E-state index in [1.54, 1.807) is 22.5 Å². The van der Waals surface area contributed by atoms with Crippen LogP contribution in [0.4, 0.5) is 0 Å². The Hall–Kier alpha value is -1.93. The molecule has 8 heteroatoms. The highest BCUT2D eigenvalue weighted by atomic mass is 32.2. The first-order chi connectivity index (χ1) is 13.5. The largest absolute Gasteiger partial charge is 0.494 e. The second-order valence-corrected chi connectivity index (χ2v) is 9.69. The maximum absolute atomic E-state index is 13.1. The van der Waals surface area contributed by atoms with Crippen molar-refractivity contribution < 1.29 is 17.7 Å². The van der Waals surface area contributed by atoms with Crippen LogP contribution in [0.25, 0.3) is 0 Å². The van der Waals surface area contributed by atoms with Crippen molar-refractivity contribution in [2.45, 2.75) is 56.8 Å². The van der Waals surface area contributed by atoms with Crippen LogP contribution in [-0.4, -0.2) is 42.6 Å². The summed E-state index contributed by atoms with van der Waals surface area (Å²) in [6.45, 7) is 5.36. The van der Waals surface area contributed by atoms with Gasteiger partial charge in [0, 0.05) is 25.4 Å². The van der Waals surface area contributed by atoms with Gasteiger partial charge in [-0.25, -0.2) is 8.42 Å². The second-order valence-electron chi connectivity index (χ2n) is 7.76. The van der Waals surface area contributed by atoms with Gasteiger partial charge in [-0.1, -0.05) is 5.16 Å². The third kappa shape index (κ3) is 4.07. The molecule has 1 unspecified atom stereocenters. The van der Waals surface area contributed by atoms with Gasteiger partial charge in [0.05, 0.1) is 11.5 Å². The number of aryl methyl sites for hydroxylation is 1. The van der Waals surface area contributed by atoms with Gasteiger partial charge in [0.25, 0.3) is 0 Å². The summed E-state index contributed by atoms with van der Waals surface area (Å²) in [7, 11) is -3.53. The number of aromatic nitrogens is 2. The van der Waals surface area contributed by atoms with Gasteiger partial charge in [0.15, 0.2) is 5.82 Å². The average molecular weight is 406 g/mol. The summed E-state index contributed by atoms with van der Waals surface area (Å²) in [4.78, 5) is 4.81. The first kappa shape index (κ1) is 19.4. The summed E-state index contributed by atoms with van der Waals surface area (Å²) in [6, 6.07) is 5.08. The van der Waals surface area contributed by atoms with E-state index in [2.05, 4.69) is 10.1 Å². The molecule has 2 heterocycles. The van der Waals surface area contributed by atoms with Crippen molar-refractivity contribution in [3.8, 4) is 5.75 Å². The van der Waals surface area contributed by atoms with Crippen LogP contribution >= 0.6 is 0 Å². The predicted molar refractivity (Wildman–Crippen MR) is 104 cm³/mol. The minimum Gasteiger partial charge on any atom is -0.494 e. The van der Waals surface area contributed by atoms with Crippen LogP contribution in [0.5, 0.6) is 5.75 Å². The number of piperidine rings is 1. The molecule has 4 rings (SSSR count). The minimum atomic E-state index is -3.53. The third-order valence-corrected chi connectivity index (χ3v) is 7.32. The average Bonchev–Trinajstić information content (AvgIpc) is 3.43. The molecule has 152 valence electrons. The summed E-state index contributed by atoms with van der Waals surface area (Å²) in [5.41, 5.74) is 0.829. The summed E-state index contributed by atoms with van der Waals surface area (Å²) in [6.07, 6.45) is 4.71. The normalized spacial score (nSPS) is 21.0. The van der Waals surface area contributed by atoms with Gasteiger partial charge >= 0.3 is 0 Å². The van der Waals surface area contributed by atoms with Crippen LogP contribution < -0.4 is 4.74 Å². The van der Waals surface area contributed by atoms with Gasteiger partial charge in [0.1, 0.15) is 5.75 Å². The van der Waals surface area contributed by atoms with E-state index < -0.39 is 10.0 Å². The molecular weight excluding hydrogens is 378 g/mol. The highest BCUT2D eigenvalue weighted by Crippen LogP contribution is 2.38. The molecule has 1 saturated heterocycles. The molecule has 0 N–H and O–H groups in total. The zero-order valence-electron chi connectivity index (χ0n) is 16.4. The third-order valence-electron chi connectivity index (χ3n) is 5.46. The first-order valence-corrected chi connectivity index (χ1v) is 11.5. The fourth-order valence-electron chi connectivity index (χ4n) is 3.77. The maximum atomic E-state index is 13.1. The van der Waals surface area contributed by atoms with E-state index >= 15 is 0 Å². The van der Waals surface area contributed by atoms with E-state index in [4.69, 9.17) is 9.26 Å². The molecule has 1 aliphatic carbocycles. The minimum absolute atomic E-state index is 0.194. The highest BCUT2D eigenvalue weighted by Gasteiger charge is 2.33. The van der Waals surface area contributed by atoms with E-state index in [-0.39, 0.29) is 5.92 Å². The summed E-state index contributed by atoms with van der Waals surface area (Å²) >= 11 is 0. The zero-order chi connectivity index (χ0) is 19.7. The highest BCUT2D eigenvalue weighted by molar-refractivity contribution is 7.89. The number of hydrogen-bond donors (Lipinski definition) is 0. The monoisotopic (exact) mass is 405 g/mol. The Morgan fingerprint density at radius 2 is 2.11 bits per heavy atom. The number of ether oxygens (including phenoxy) is 1. The molecule has 1 aromatic carbocycles. The number of benzene rings is 1. The van der Waals surface area contributed by atoms with E-state index in [9.17, 15) is 8.42 Å². The van der Waals surface area contributed by atoms with Gasteiger partial charge < -0.3 is 9.26 Å². The number of sulfonamides is 1. The maximum Gasteiger partial charge on any atom is 0.243 e. The van der Waals surface area contributed by atoms with Gasteiger partial charge in [-0.15, -0.1) is 0 Å². The Morgan fingerprint density at radius 1 is 1.29 bits per heavy atom. The van der Waals surface area contributed by atoms with Crippen LogP contribution in [0.15, 0.2) is 27.6 Å². The van der Waals surface area contributed by atoms with Crippen molar-refractivity contribution in [1.29, 1.82) is 0 Å². The van der Waals surface area contributed by atoms with Crippen LogP contribution in [0.1, 0.15) is 55.8 Å². The number of nitrogens with zero attached hydrogens (tertiary/aromatic N) is 3. The zero-order valence-corrected chi connectivity index (χ0v) is 17.2. The van der Waals surface area contributed by atoms with Crippen LogP contribution in [0.3, 0.4) is 0 Å². The summed E-state index contributed by atoms with van der Waals surface area (Å²) in [5, 5.41) is 4.06. The lowest BCUT2D eigenvalue weighted by atomic mass is 9.96. The summed E-state index contributed by atoms with van der Waals surface area (Å²) < 4.78 is 38.8. The molecule has 0 spiro atoms. The van der Waals surface area contributed by atoms with Gasteiger partial charge in [-0.05, 0) is 69.2 Å². The molecule has 0 bridgehead atoms. The Balaban J connectivity index is 1.45. The van der Waals surface area contributed by atoms with Crippen molar-refractivity contribution in [3.05, 3.63) is 35.5 Å². The molecule has 2 aromatic rings. The van der Waals surface area contributed by atoms with Gasteiger partial charge in [-0.3, -0.25) is 0 Å². The van der Waals surface area contributed by atoms with E-state index in [1.165, 1.54) is 0 Å². The fraction of sp³-hybridized carbons (Fsp3) is 0.600. The van der Waals surface area contributed by atoms with Crippen molar-refractivity contribution >= 4 is 10.0 Å².